The quantitative estimate of drug-likeness (QED) is 0.496. The molecule has 0 unspecified atom stereocenters. The summed E-state index contributed by atoms with van der Waals surface area (Å²) >= 11 is 13.2. The van der Waals surface area contributed by atoms with Gasteiger partial charge in [0.25, 0.3) is 0 Å². The van der Waals surface area contributed by atoms with E-state index in [4.69, 9.17) is 27.9 Å². The summed E-state index contributed by atoms with van der Waals surface area (Å²) in [4.78, 5) is 16.9. The monoisotopic (exact) mass is 524 g/mol. The molecule has 1 amide bonds. The highest BCUT2D eigenvalue weighted by atomic mass is 35.5. The Kier molecular flexibility index (Phi) is 9.65. The Morgan fingerprint density at radius 2 is 1.82 bits per heavy atom. The molecule has 182 valence electrons. The predicted octanol–water partition coefficient (Wildman–Crippen LogP) is 5.47. The summed E-state index contributed by atoms with van der Waals surface area (Å²) in [5.74, 6) is 5.96. The van der Waals surface area contributed by atoms with E-state index < -0.39 is 0 Å². The third-order valence-electron chi connectivity index (χ3n) is 6.21. The highest BCUT2D eigenvalue weighted by Crippen LogP contribution is 2.39. The molecule has 2 atom stereocenters. The van der Waals surface area contributed by atoms with E-state index in [1.54, 1.807) is 29.2 Å². The molecule has 2 saturated heterocycles. The summed E-state index contributed by atoms with van der Waals surface area (Å²) < 4.78 is 19.5. The van der Waals surface area contributed by atoms with Crippen LogP contribution in [0.4, 0.5) is 10.1 Å². The highest BCUT2D eigenvalue weighted by Gasteiger charge is 2.34. The smallest absolute Gasteiger partial charge is 0.229 e. The Morgan fingerprint density at radius 3 is 2.50 bits per heavy atom. The van der Waals surface area contributed by atoms with Crippen molar-refractivity contribution >= 4 is 47.2 Å². The Labute approximate surface area is 216 Å². The van der Waals surface area contributed by atoms with Crippen molar-refractivity contribution in [1.82, 2.24) is 4.90 Å². The van der Waals surface area contributed by atoms with Gasteiger partial charge in [0.1, 0.15) is 5.82 Å². The fourth-order valence-corrected chi connectivity index (χ4v) is 5.21. The summed E-state index contributed by atoms with van der Waals surface area (Å²) in [6, 6.07) is 10.3. The minimum atomic E-state index is -0.218. The number of nitrogens with zero attached hydrogens (tertiary/aromatic N) is 2. The van der Waals surface area contributed by atoms with Crippen molar-refractivity contribution in [3.05, 3.63) is 63.4 Å². The van der Waals surface area contributed by atoms with Crippen molar-refractivity contribution in [2.24, 2.45) is 11.8 Å². The maximum absolute atomic E-state index is 14.2. The van der Waals surface area contributed by atoms with Crippen molar-refractivity contribution in [3.63, 3.8) is 0 Å². The molecule has 0 aliphatic carbocycles. The van der Waals surface area contributed by atoms with Crippen LogP contribution in [0.5, 0.6) is 0 Å². The van der Waals surface area contributed by atoms with E-state index in [0.29, 0.717) is 52.8 Å². The maximum Gasteiger partial charge on any atom is 0.229 e. The third-order valence-corrected chi connectivity index (χ3v) is 6.78. The van der Waals surface area contributed by atoms with Crippen molar-refractivity contribution in [2.75, 3.05) is 44.3 Å². The van der Waals surface area contributed by atoms with Crippen LogP contribution in [-0.2, 0) is 16.0 Å². The van der Waals surface area contributed by atoms with Crippen LogP contribution >= 0.6 is 35.6 Å². The van der Waals surface area contributed by atoms with Gasteiger partial charge in [-0.3, -0.25) is 9.69 Å². The number of hydrogen-bond donors (Lipinski definition) is 0. The van der Waals surface area contributed by atoms with Crippen LogP contribution in [-0.4, -0.2) is 50.2 Å². The molecule has 0 spiro atoms. The summed E-state index contributed by atoms with van der Waals surface area (Å²) in [6.07, 6.45) is 1.26. The fourth-order valence-electron chi connectivity index (χ4n) is 4.52. The number of rotatable bonds is 4. The molecule has 2 heterocycles. The Balaban J connectivity index is 0.00000324. The average molecular weight is 526 g/mol. The van der Waals surface area contributed by atoms with Crippen LogP contribution in [0.3, 0.4) is 0 Å². The number of anilines is 1. The second kappa shape index (κ2) is 12.2. The van der Waals surface area contributed by atoms with Gasteiger partial charge in [0.15, 0.2) is 0 Å². The van der Waals surface area contributed by atoms with Gasteiger partial charge in [-0.1, -0.05) is 60.2 Å². The predicted molar refractivity (Wildman–Crippen MR) is 138 cm³/mol. The molecular weight excluding hydrogens is 498 g/mol. The van der Waals surface area contributed by atoms with Crippen LogP contribution in [0.1, 0.15) is 24.5 Å². The van der Waals surface area contributed by atoms with Gasteiger partial charge in [0.05, 0.1) is 35.5 Å². The second-order valence-corrected chi connectivity index (χ2v) is 9.54. The van der Waals surface area contributed by atoms with Crippen molar-refractivity contribution < 1.29 is 13.9 Å². The summed E-state index contributed by atoms with van der Waals surface area (Å²) in [7, 11) is 0. The van der Waals surface area contributed by atoms with E-state index in [1.165, 1.54) is 6.07 Å². The lowest BCUT2D eigenvalue weighted by molar-refractivity contribution is -0.124. The van der Waals surface area contributed by atoms with Crippen molar-refractivity contribution in [2.45, 2.75) is 19.8 Å². The van der Waals surface area contributed by atoms with Crippen LogP contribution in [0.2, 0.25) is 10.0 Å². The molecule has 0 bridgehead atoms. The standard InChI is InChI=1S/C26H27Cl2FN2O2.ClH/c1-18-13-20(14-21-6-2-3-7-24(21)29)17-31(26(18)32)25-22(27)15-19(16-23(25)28)5-4-8-30-9-11-33-12-10-30;/h2-3,6-7,15-16,18,20H,8-14,17H2,1H3;1H/t18-,20-;/m1./s1. The summed E-state index contributed by atoms with van der Waals surface area (Å²) in [6.45, 7) is 6.20. The number of halogens is 4. The van der Waals surface area contributed by atoms with Crippen molar-refractivity contribution in [1.29, 1.82) is 0 Å². The van der Waals surface area contributed by atoms with Gasteiger partial charge in [-0.15, -0.1) is 12.4 Å². The zero-order chi connectivity index (χ0) is 23.4. The van der Waals surface area contributed by atoms with Crippen LogP contribution in [0, 0.1) is 29.5 Å². The number of carbonyl (C=O) groups is 1. The minimum Gasteiger partial charge on any atom is -0.379 e. The van der Waals surface area contributed by atoms with Gasteiger partial charge in [-0.25, -0.2) is 4.39 Å². The number of hydrogen-bond acceptors (Lipinski definition) is 3. The summed E-state index contributed by atoms with van der Waals surface area (Å²) in [5.41, 5.74) is 1.88. The molecule has 0 saturated carbocycles. The Morgan fingerprint density at radius 1 is 1.15 bits per heavy atom. The molecule has 4 rings (SSSR count). The Bertz CT molecular complexity index is 1060. The van der Waals surface area contributed by atoms with Crippen LogP contribution in [0.25, 0.3) is 0 Å². The normalized spacial score (nSPS) is 20.9. The van der Waals surface area contributed by atoms with Gasteiger partial charge < -0.3 is 9.64 Å². The second-order valence-electron chi connectivity index (χ2n) is 8.73. The number of amides is 1. The van der Waals surface area contributed by atoms with E-state index in [-0.39, 0.29) is 36.0 Å². The molecule has 8 heteroatoms. The van der Waals surface area contributed by atoms with Crippen LogP contribution in [0.15, 0.2) is 36.4 Å². The molecule has 0 N–H and O–H groups in total. The molecule has 0 radical (unpaired) electrons. The number of piperidine rings is 1. The third kappa shape index (κ3) is 6.44. The van der Waals surface area contributed by atoms with Gasteiger partial charge in [-0.2, -0.15) is 0 Å². The van der Waals surface area contributed by atoms with E-state index >= 15 is 0 Å². The first-order valence-electron chi connectivity index (χ1n) is 11.2. The average Bonchev–Trinajstić information content (AvgIpc) is 2.79. The first-order chi connectivity index (χ1) is 15.9. The van der Waals surface area contributed by atoms with Crippen LogP contribution < -0.4 is 4.90 Å². The SMILES string of the molecule is C[C@@H]1C[C@H](Cc2ccccc2F)CN(c2c(Cl)cc(C#CCN3CCOCC3)cc2Cl)C1=O.Cl. The van der Waals surface area contributed by atoms with E-state index in [2.05, 4.69) is 16.7 Å². The molecule has 0 aromatic heterocycles. The molecular formula is C26H28Cl3FN2O2. The van der Waals surface area contributed by atoms with E-state index in [9.17, 15) is 9.18 Å². The lowest BCUT2D eigenvalue weighted by Gasteiger charge is -2.37. The van der Waals surface area contributed by atoms with Gasteiger partial charge in [0, 0.05) is 31.1 Å². The molecule has 2 aliphatic heterocycles. The number of benzene rings is 2. The van der Waals surface area contributed by atoms with E-state index in [0.717, 1.165) is 26.3 Å². The van der Waals surface area contributed by atoms with E-state index in [1.807, 2.05) is 13.0 Å². The zero-order valence-corrected chi connectivity index (χ0v) is 21.4. The molecule has 2 aromatic rings. The number of ether oxygens (including phenoxy) is 1. The largest absolute Gasteiger partial charge is 0.379 e. The number of carbonyl (C=O) groups excluding carboxylic acids is 1. The Hall–Kier alpha value is -1.81. The lowest BCUT2D eigenvalue weighted by atomic mass is 9.85. The first kappa shape index (κ1) is 26.8. The highest BCUT2D eigenvalue weighted by molar-refractivity contribution is 6.40. The molecule has 4 nitrogen and oxygen atoms in total. The van der Waals surface area contributed by atoms with Gasteiger partial charge in [0.2, 0.25) is 5.91 Å². The zero-order valence-electron chi connectivity index (χ0n) is 19.0. The fraction of sp³-hybridized carbons (Fsp3) is 0.423. The molecule has 34 heavy (non-hydrogen) atoms. The van der Waals surface area contributed by atoms with Gasteiger partial charge >= 0.3 is 0 Å². The van der Waals surface area contributed by atoms with Gasteiger partial charge in [-0.05, 0) is 42.5 Å². The number of morpholine rings is 1. The molecule has 2 fully saturated rings. The lowest BCUT2D eigenvalue weighted by Crippen LogP contribution is -2.45. The maximum atomic E-state index is 14.2. The topological polar surface area (TPSA) is 32.8 Å². The minimum absolute atomic E-state index is 0. The molecule has 2 aliphatic rings. The van der Waals surface area contributed by atoms with Crippen molar-refractivity contribution in [3.8, 4) is 11.8 Å². The summed E-state index contributed by atoms with van der Waals surface area (Å²) in [5, 5.41) is 0.788. The molecule has 2 aromatic carbocycles. The first-order valence-corrected chi connectivity index (χ1v) is 12.0.